The van der Waals surface area contributed by atoms with Gasteiger partial charge in [0.15, 0.2) is 5.75 Å². The van der Waals surface area contributed by atoms with Gasteiger partial charge in [-0.2, -0.15) is 0 Å². The molecule has 0 unspecified atom stereocenters. The third-order valence-electron chi connectivity index (χ3n) is 4.42. The van der Waals surface area contributed by atoms with E-state index in [4.69, 9.17) is 14.2 Å². The van der Waals surface area contributed by atoms with Crippen LogP contribution in [-0.4, -0.2) is 17.5 Å². The molecule has 0 spiro atoms. The summed E-state index contributed by atoms with van der Waals surface area (Å²) in [5, 5.41) is 2.36. The second-order valence-corrected chi connectivity index (χ2v) is 8.44. The summed E-state index contributed by atoms with van der Waals surface area (Å²) in [7, 11) is 0. The predicted octanol–water partition coefficient (Wildman–Crippen LogP) is 6.13. The average molecular weight is 418 g/mol. The SMILES string of the molecule is C=C(C)C(=O)Oc1c2ccccc2c(OC(=O)C(=C)C)c2c(OC(C)(C)C)cccc12. The standard InChI is InChI=1S/C26H26O5/c1-15(2)24(27)29-22-17-11-8-9-12-18(17)23(30-25(28)16(3)4)21-19(22)13-10-14-20(21)31-26(5,6)7/h8-14H,1,3H2,2,4-7H3. The lowest BCUT2D eigenvalue weighted by molar-refractivity contribution is -0.130. The Morgan fingerprint density at radius 1 is 0.742 bits per heavy atom. The Labute approximate surface area is 181 Å². The van der Waals surface area contributed by atoms with Crippen molar-refractivity contribution in [3.05, 3.63) is 66.8 Å². The first-order valence-electron chi connectivity index (χ1n) is 9.91. The van der Waals surface area contributed by atoms with E-state index in [9.17, 15) is 9.59 Å². The minimum atomic E-state index is -0.552. The van der Waals surface area contributed by atoms with Crippen molar-refractivity contribution in [3.63, 3.8) is 0 Å². The van der Waals surface area contributed by atoms with Gasteiger partial charge in [0, 0.05) is 27.3 Å². The first-order chi connectivity index (χ1) is 14.5. The van der Waals surface area contributed by atoms with Gasteiger partial charge < -0.3 is 14.2 Å². The van der Waals surface area contributed by atoms with Gasteiger partial charge in [0.25, 0.3) is 0 Å². The zero-order valence-electron chi connectivity index (χ0n) is 18.5. The average Bonchev–Trinajstić information content (AvgIpc) is 2.68. The molecule has 0 saturated heterocycles. The molecule has 0 aliphatic carbocycles. The van der Waals surface area contributed by atoms with E-state index in [1.54, 1.807) is 32.0 Å². The maximum atomic E-state index is 12.5. The van der Waals surface area contributed by atoms with Crippen molar-refractivity contribution < 1.29 is 23.8 Å². The Balaban J connectivity index is 2.45. The Morgan fingerprint density at radius 2 is 1.23 bits per heavy atom. The maximum absolute atomic E-state index is 12.5. The van der Waals surface area contributed by atoms with Gasteiger partial charge in [-0.3, -0.25) is 0 Å². The number of esters is 2. The highest BCUT2D eigenvalue weighted by molar-refractivity contribution is 6.15. The molecule has 3 aromatic carbocycles. The topological polar surface area (TPSA) is 61.8 Å². The van der Waals surface area contributed by atoms with Gasteiger partial charge in [0.05, 0.1) is 5.39 Å². The van der Waals surface area contributed by atoms with E-state index in [0.717, 1.165) is 0 Å². The smallest absolute Gasteiger partial charge is 0.338 e. The molecule has 0 amide bonds. The summed E-state index contributed by atoms with van der Waals surface area (Å²) in [6, 6.07) is 12.7. The molecule has 3 aromatic rings. The van der Waals surface area contributed by atoms with Crippen molar-refractivity contribution >= 4 is 33.5 Å². The number of fused-ring (bicyclic) bond motifs is 2. The molecule has 3 rings (SSSR count). The lowest BCUT2D eigenvalue weighted by atomic mass is 9.99. The molecule has 5 nitrogen and oxygen atoms in total. The van der Waals surface area contributed by atoms with Crippen LogP contribution in [0.2, 0.25) is 0 Å². The van der Waals surface area contributed by atoms with E-state index < -0.39 is 17.5 Å². The first-order valence-corrected chi connectivity index (χ1v) is 9.91. The van der Waals surface area contributed by atoms with Gasteiger partial charge in [-0.05, 0) is 40.7 Å². The van der Waals surface area contributed by atoms with Crippen LogP contribution in [0.4, 0.5) is 0 Å². The van der Waals surface area contributed by atoms with Crippen molar-refractivity contribution in [1.82, 2.24) is 0 Å². The fourth-order valence-electron chi connectivity index (χ4n) is 3.10. The first kappa shape index (κ1) is 22.1. The maximum Gasteiger partial charge on any atom is 0.338 e. The summed E-state index contributed by atoms with van der Waals surface area (Å²) in [6.45, 7) is 16.3. The summed E-state index contributed by atoms with van der Waals surface area (Å²) in [5.74, 6) is 0.0959. The number of carbonyl (C=O) groups is 2. The van der Waals surface area contributed by atoms with Crippen LogP contribution in [0.5, 0.6) is 17.2 Å². The number of carbonyl (C=O) groups excluding carboxylic acids is 2. The van der Waals surface area contributed by atoms with Crippen LogP contribution < -0.4 is 14.2 Å². The monoisotopic (exact) mass is 418 g/mol. The number of rotatable bonds is 5. The van der Waals surface area contributed by atoms with E-state index in [-0.39, 0.29) is 11.1 Å². The van der Waals surface area contributed by atoms with Gasteiger partial charge in [0.1, 0.15) is 17.1 Å². The molecule has 0 saturated carbocycles. The minimum absolute atomic E-state index is 0.268. The highest BCUT2D eigenvalue weighted by Gasteiger charge is 2.24. The zero-order valence-corrected chi connectivity index (χ0v) is 18.5. The quantitative estimate of drug-likeness (QED) is 0.216. The van der Waals surface area contributed by atoms with Crippen LogP contribution in [0.25, 0.3) is 21.5 Å². The van der Waals surface area contributed by atoms with Crippen LogP contribution in [0.15, 0.2) is 66.8 Å². The molecule has 0 fully saturated rings. The highest BCUT2D eigenvalue weighted by Crippen LogP contribution is 2.47. The second-order valence-electron chi connectivity index (χ2n) is 8.44. The summed E-state index contributed by atoms with van der Waals surface area (Å²) >= 11 is 0. The van der Waals surface area contributed by atoms with E-state index in [2.05, 4.69) is 13.2 Å². The minimum Gasteiger partial charge on any atom is -0.487 e. The van der Waals surface area contributed by atoms with Gasteiger partial charge in [0.2, 0.25) is 0 Å². The molecule has 0 radical (unpaired) electrons. The Bertz CT molecular complexity index is 1230. The highest BCUT2D eigenvalue weighted by atomic mass is 16.5. The molecule has 0 aliphatic rings. The molecule has 0 heterocycles. The fourth-order valence-corrected chi connectivity index (χ4v) is 3.10. The van der Waals surface area contributed by atoms with Crippen molar-refractivity contribution in [2.75, 3.05) is 0 Å². The number of hydrogen-bond donors (Lipinski definition) is 0. The van der Waals surface area contributed by atoms with Crippen LogP contribution in [0.3, 0.4) is 0 Å². The third-order valence-corrected chi connectivity index (χ3v) is 4.42. The molecule has 0 atom stereocenters. The molecular weight excluding hydrogens is 392 g/mol. The van der Waals surface area contributed by atoms with E-state index in [0.29, 0.717) is 38.8 Å². The van der Waals surface area contributed by atoms with Gasteiger partial charge in [-0.25, -0.2) is 9.59 Å². The van der Waals surface area contributed by atoms with Crippen LogP contribution in [0.1, 0.15) is 34.6 Å². The molecule has 0 aromatic heterocycles. The van der Waals surface area contributed by atoms with E-state index >= 15 is 0 Å². The lowest BCUT2D eigenvalue weighted by Crippen LogP contribution is -2.23. The summed E-state index contributed by atoms with van der Waals surface area (Å²) in [6.07, 6.45) is 0. The second kappa shape index (κ2) is 8.26. The van der Waals surface area contributed by atoms with Crippen LogP contribution in [0, 0.1) is 0 Å². The normalized spacial score (nSPS) is 11.3. The zero-order chi connectivity index (χ0) is 22.9. The molecule has 5 heteroatoms. The van der Waals surface area contributed by atoms with Crippen molar-refractivity contribution in [1.29, 1.82) is 0 Å². The van der Waals surface area contributed by atoms with E-state index in [1.165, 1.54) is 0 Å². The largest absolute Gasteiger partial charge is 0.487 e. The van der Waals surface area contributed by atoms with Gasteiger partial charge in [-0.15, -0.1) is 0 Å². The number of ether oxygens (including phenoxy) is 3. The van der Waals surface area contributed by atoms with Crippen molar-refractivity contribution in [2.45, 2.75) is 40.2 Å². The Morgan fingerprint density at radius 3 is 1.74 bits per heavy atom. The molecule has 0 bridgehead atoms. The van der Waals surface area contributed by atoms with Gasteiger partial charge >= 0.3 is 11.9 Å². The predicted molar refractivity (Wildman–Crippen MR) is 123 cm³/mol. The number of benzene rings is 3. The lowest BCUT2D eigenvalue weighted by Gasteiger charge is -2.24. The molecule has 31 heavy (non-hydrogen) atoms. The molecular formula is C26H26O5. The van der Waals surface area contributed by atoms with Crippen LogP contribution in [-0.2, 0) is 9.59 Å². The fraction of sp³-hybridized carbons (Fsp3) is 0.231. The third kappa shape index (κ3) is 4.61. The van der Waals surface area contributed by atoms with Crippen molar-refractivity contribution in [2.24, 2.45) is 0 Å². The molecule has 0 N–H and O–H groups in total. The van der Waals surface area contributed by atoms with Crippen LogP contribution >= 0.6 is 0 Å². The molecule has 160 valence electrons. The molecule has 0 aliphatic heterocycles. The number of hydrogen-bond acceptors (Lipinski definition) is 5. The summed E-state index contributed by atoms with van der Waals surface area (Å²) in [5.41, 5.74) is 0.0331. The summed E-state index contributed by atoms with van der Waals surface area (Å²) < 4.78 is 17.7. The Hall–Kier alpha value is -3.60. The van der Waals surface area contributed by atoms with Gasteiger partial charge in [-0.1, -0.05) is 49.6 Å². The van der Waals surface area contributed by atoms with Crippen molar-refractivity contribution in [3.8, 4) is 17.2 Å². The Kier molecular flexibility index (Phi) is 5.89. The van der Waals surface area contributed by atoms with E-state index in [1.807, 2.05) is 45.0 Å². The summed E-state index contributed by atoms with van der Waals surface area (Å²) in [4.78, 5) is 24.9.